The molecule has 0 radical (unpaired) electrons. The fourth-order valence-electron chi connectivity index (χ4n) is 5.90. The highest BCUT2D eigenvalue weighted by atomic mass is 19.4. The van der Waals surface area contributed by atoms with Crippen molar-refractivity contribution >= 4 is 5.57 Å². The van der Waals surface area contributed by atoms with E-state index >= 15 is 0 Å². The monoisotopic (exact) mass is 576 g/mol. The number of rotatable bonds is 11. The Hall–Kier alpha value is -3.37. The standard InChI is InChI=1S/C31H33F5N2O3/c32-16-2-17-37-18-15-27(20-37)39-24-9-7-22(8-10-24)30-28(21-5-11-25(12-6-21)41-38(35)36)4-1-3-23-19-26(40-31(33)34)13-14-29(23)30/h5,7-11,13-14,19,27,31H,1-4,6,12,15-18,20H2. The number of likely N-dealkylation sites (tertiary alicyclic amines) is 1. The summed E-state index contributed by atoms with van der Waals surface area (Å²) in [5.41, 5.74) is 4.58. The molecule has 0 bridgehead atoms. The molecule has 0 aromatic heterocycles. The first-order chi connectivity index (χ1) is 19.9. The molecule has 1 fully saturated rings. The molecule has 10 heteroatoms. The largest absolute Gasteiger partial charge is 0.489 e. The molecule has 1 unspecified atom stereocenters. The van der Waals surface area contributed by atoms with Crippen molar-refractivity contribution in [2.24, 2.45) is 0 Å². The SMILES string of the molecule is FCCCN1CCC(Oc2ccc(C3=C(C4=CC=C(ON(F)F)CC4)CCCc4cc(OC(F)F)ccc43)cc2)C1. The summed E-state index contributed by atoms with van der Waals surface area (Å²) in [4.78, 5) is 6.66. The van der Waals surface area contributed by atoms with Gasteiger partial charge in [0.05, 0.1) is 6.67 Å². The third-order valence-corrected chi connectivity index (χ3v) is 7.71. The lowest BCUT2D eigenvalue weighted by Crippen LogP contribution is -2.26. The summed E-state index contributed by atoms with van der Waals surface area (Å²) < 4.78 is 74.4. The molecule has 2 aliphatic carbocycles. The number of fused-ring (bicyclic) bond motifs is 1. The zero-order valence-electron chi connectivity index (χ0n) is 22.6. The van der Waals surface area contributed by atoms with E-state index in [-0.39, 0.29) is 24.3 Å². The van der Waals surface area contributed by atoms with E-state index in [1.165, 1.54) is 0 Å². The first kappa shape index (κ1) is 29.1. The van der Waals surface area contributed by atoms with E-state index in [0.29, 0.717) is 25.7 Å². The molecule has 0 spiro atoms. The van der Waals surface area contributed by atoms with Crippen LogP contribution in [0.3, 0.4) is 0 Å². The first-order valence-electron chi connectivity index (χ1n) is 14.0. The van der Waals surface area contributed by atoms with Crippen molar-refractivity contribution in [3.8, 4) is 11.5 Å². The van der Waals surface area contributed by atoms with Gasteiger partial charge >= 0.3 is 6.61 Å². The topological polar surface area (TPSA) is 34.2 Å². The number of ether oxygens (including phenoxy) is 2. The second kappa shape index (κ2) is 13.5. The third kappa shape index (κ3) is 7.48. The van der Waals surface area contributed by atoms with Crippen molar-refractivity contribution in [3.05, 3.63) is 88.2 Å². The molecular formula is C31H33F5N2O3. The van der Waals surface area contributed by atoms with Crippen LogP contribution in [-0.4, -0.2) is 49.4 Å². The smallest absolute Gasteiger partial charge is 0.387 e. The van der Waals surface area contributed by atoms with Gasteiger partial charge in [0.1, 0.15) is 23.4 Å². The van der Waals surface area contributed by atoms with E-state index in [1.807, 2.05) is 36.4 Å². The molecular weight excluding hydrogens is 543 g/mol. The van der Waals surface area contributed by atoms with E-state index < -0.39 is 12.1 Å². The molecule has 1 atom stereocenters. The van der Waals surface area contributed by atoms with E-state index in [0.717, 1.165) is 78.1 Å². The van der Waals surface area contributed by atoms with E-state index in [1.54, 1.807) is 18.2 Å². The van der Waals surface area contributed by atoms with Gasteiger partial charge < -0.3 is 14.3 Å². The number of hydrogen-bond donors (Lipinski definition) is 0. The van der Waals surface area contributed by atoms with Crippen LogP contribution in [0.15, 0.2) is 71.5 Å². The average molecular weight is 577 g/mol. The highest BCUT2D eigenvalue weighted by molar-refractivity contribution is 5.87. The quantitative estimate of drug-likeness (QED) is 0.155. The molecule has 2 aromatic rings. The van der Waals surface area contributed by atoms with Crippen molar-refractivity contribution in [2.75, 3.05) is 26.3 Å². The van der Waals surface area contributed by atoms with Crippen molar-refractivity contribution < 1.29 is 36.4 Å². The van der Waals surface area contributed by atoms with Crippen LogP contribution in [0.2, 0.25) is 0 Å². The Kier molecular flexibility index (Phi) is 9.61. The third-order valence-electron chi connectivity index (χ3n) is 7.71. The normalized spacial score (nSPS) is 19.6. The molecule has 1 aliphatic heterocycles. The first-order valence-corrected chi connectivity index (χ1v) is 14.0. The van der Waals surface area contributed by atoms with Crippen LogP contribution in [0.25, 0.3) is 5.57 Å². The number of allylic oxidation sites excluding steroid dienone is 5. The summed E-state index contributed by atoms with van der Waals surface area (Å²) >= 11 is 0. The fraction of sp³-hybridized carbons (Fsp3) is 0.419. The Morgan fingerprint density at radius 3 is 2.46 bits per heavy atom. The summed E-state index contributed by atoms with van der Waals surface area (Å²) in [6, 6.07) is 12.9. The zero-order valence-corrected chi connectivity index (χ0v) is 22.6. The Morgan fingerprint density at radius 2 is 1.76 bits per heavy atom. The Labute approximate surface area is 236 Å². The molecule has 0 N–H and O–H groups in total. The minimum absolute atomic E-state index is 0.0438. The highest BCUT2D eigenvalue weighted by Gasteiger charge is 2.25. The van der Waals surface area contributed by atoms with Crippen LogP contribution in [0.4, 0.5) is 22.1 Å². The van der Waals surface area contributed by atoms with Crippen molar-refractivity contribution in [3.63, 3.8) is 0 Å². The van der Waals surface area contributed by atoms with Crippen LogP contribution < -0.4 is 9.47 Å². The lowest BCUT2D eigenvalue weighted by molar-refractivity contribution is -0.372. The Morgan fingerprint density at radius 1 is 0.951 bits per heavy atom. The van der Waals surface area contributed by atoms with Crippen LogP contribution >= 0.6 is 0 Å². The maximum absolute atomic E-state index is 12.9. The lowest BCUT2D eigenvalue weighted by atomic mass is 9.85. The van der Waals surface area contributed by atoms with Gasteiger partial charge in [-0.1, -0.05) is 33.2 Å². The lowest BCUT2D eigenvalue weighted by Gasteiger charge is -2.22. The van der Waals surface area contributed by atoms with Crippen molar-refractivity contribution in [2.45, 2.75) is 57.7 Å². The number of aryl methyl sites for hydroxylation is 1. The molecule has 5 rings (SSSR count). The molecule has 0 saturated carbocycles. The molecule has 0 amide bonds. The van der Waals surface area contributed by atoms with Gasteiger partial charge in [-0.15, -0.1) is 0 Å². The molecule has 220 valence electrons. The Balaban J connectivity index is 1.46. The summed E-state index contributed by atoms with van der Waals surface area (Å²) in [6.45, 7) is -0.843. The van der Waals surface area contributed by atoms with Gasteiger partial charge in [-0.2, -0.15) is 8.78 Å². The predicted molar refractivity (Wildman–Crippen MR) is 145 cm³/mol. The van der Waals surface area contributed by atoms with Crippen LogP contribution in [0, 0.1) is 0 Å². The van der Waals surface area contributed by atoms with Gasteiger partial charge in [0.2, 0.25) is 5.51 Å². The summed E-state index contributed by atoms with van der Waals surface area (Å²) in [6.07, 6.45) is 7.91. The molecule has 41 heavy (non-hydrogen) atoms. The summed E-state index contributed by atoms with van der Waals surface area (Å²) in [5, 5.41) is 0. The molecule has 1 saturated heterocycles. The second-order valence-corrected chi connectivity index (χ2v) is 10.4. The van der Waals surface area contributed by atoms with Gasteiger partial charge in [0.15, 0.2) is 0 Å². The Bertz CT molecular complexity index is 1290. The van der Waals surface area contributed by atoms with Gasteiger partial charge in [-0.25, -0.2) is 0 Å². The van der Waals surface area contributed by atoms with Crippen LogP contribution in [0.5, 0.6) is 11.5 Å². The number of alkyl halides is 3. The molecule has 2 aromatic carbocycles. The minimum Gasteiger partial charge on any atom is -0.489 e. The predicted octanol–water partition coefficient (Wildman–Crippen LogP) is 7.85. The van der Waals surface area contributed by atoms with Crippen molar-refractivity contribution in [1.82, 2.24) is 10.4 Å². The number of hydrogen-bond acceptors (Lipinski definition) is 5. The van der Waals surface area contributed by atoms with Crippen molar-refractivity contribution in [1.29, 1.82) is 0 Å². The van der Waals surface area contributed by atoms with E-state index in [4.69, 9.17) is 4.74 Å². The number of benzene rings is 2. The fourth-order valence-corrected chi connectivity index (χ4v) is 5.90. The van der Waals surface area contributed by atoms with Gasteiger partial charge in [-0.05, 0) is 102 Å². The van der Waals surface area contributed by atoms with E-state index in [2.05, 4.69) is 14.5 Å². The van der Waals surface area contributed by atoms with Crippen LogP contribution in [0.1, 0.15) is 55.2 Å². The number of halogens is 5. The van der Waals surface area contributed by atoms with Gasteiger partial charge in [0, 0.05) is 26.1 Å². The maximum atomic E-state index is 12.9. The molecule has 1 heterocycles. The highest BCUT2D eigenvalue weighted by Crippen LogP contribution is 2.42. The summed E-state index contributed by atoms with van der Waals surface area (Å²) in [5.74, 6) is 1.04. The van der Waals surface area contributed by atoms with Gasteiger partial charge in [-0.3, -0.25) is 9.29 Å². The molecule has 5 nitrogen and oxygen atoms in total. The maximum Gasteiger partial charge on any atom is 0.387 e. The minimum atomic E-state index is -2.91. The van der Waals surface area contributed by atoms with Crippen LogP contribution in [-0.2, 0) is 11.3 Å². The number of nitrogens with zero attached hydrogens (tertiary/aromatic N) is 2. The van der Waals surface area contributed by atoms with E-state index in [9.17, 15) is 22.1 Å². The second-order valence-electron chi connectivity index (χ2n) is 10.4. The zero-order chi connectivity index (χ0) is 28.8. The molecule has 3 aliphatic rings. The van der Waals surface area contributed by atoms with Gasteiger partial charge in [0.25, 0.3) is 0 Å². The summed E-state index contributed by atoms with van der Waals surface area (Å²) in [7, 11) is 0. The average Bonchev–Trinajstić information content (AvgIpc) is 3.31.